The molecule has 3 nitrogen and oxygen atoms in total. The van der Waals surface area contributed by atoms with Crippen LogP contribution in [0.4, 0.5) is 0 Å². The Kier molecular flexibility index (Phi) is 6.86. The van der Waals surface area contributed by atoms with Gasteiger partial charge in [-0.25, -0.2) is 0 Å². The highest BCUT2D eigenvalue weighted by Gasteiger charge is 2.10. The van der Waals surface area contributed by atoms with Crippen molar-refractivity contribution >= 4 is 0 Å². The molecule has 0 radical (unpaired) electrons. The molecule has 1 atom stereocenters. The third-order valence-electron chi connectivity index (χ3n) is 2.84. The summed E-state index contributed by atoms with van der Waals surface area (Å²) in [7, 11) is 3.40. The van der Waals surface area contributed by atoms with Crippen LogP contribution in [0, 0.1) is 0 Å². The highest BCUT2D eigenvalue weighted by Crippen LogP contribution is 2.19. The summed E-state index contributed by atoms with van der Waals surface area (Å²) in [6, 6.07) is 8.51. The van der Waals surface area contributed by atoms with E-state index < -0.39 is 0 Å². The number of unbranched alkanes of at least 4 members (excludes halogenated alkanes) is 1. The van der Waals surface area contributed by atoms with Crippen LogP contribution < -0.4 is 5.73 Å². The van der Waals surface area contributed by atoms with Gasteiger partial charge in [-0.3, -0.25) is 0 Å². The first-order chi connectivity index (χ1) is 8.31. The van der Waals surface area contributed by atoms with Gasteiger partial charge in [0.15, 0.2) is 0 Å². The molecular weight excluding hydrogens is 214 g/mol. The van der Waals surface area contributed by atoms with Crippen molar-refractivity contribution in [1.82, 2.24) is 0 Å². The summed E-state index contributed by atoms with van der Waals surface area (Å²) >= 11 is 0. The predicted octanol–water partition coefficient (Wildman–Crippen LogP) is 2.30. The van der Waals surface area contributed by atoms with Gasteiger partial charge in [0.1, 0.15) is 6.10 Å². The number of ether oxygens (including phenoxy) is 2. The highest BCUT2D eigenvalue weighted by atomic mass is 16.5. The Labute approximate surface area is 104 Å². The quantitative estimate of drug-likeness (QED) is 0.706. The summed E-state index contributed by atoms with van der Waals surface area (Å²) in [6.07, 6.45) is 3.32. The smallest absolute Gasteiger partial charge is 0.105 e. The van der Waals surface area contributed by atoms with Gasteiger partial charge in [-0.1, -0.05) is 24.3 Å². The topological polar surface area (TPSA) is 44.5 Å². The summed E-state index contributed by atoms with van der Waals surface area (Å²) in [5.74, 6) is 0. The molecule has 0 aliphatic heterocycles. The Bertz CT molecular complexity index is 315. The van der Waals surface area contributed by atoms with Crippen LogP contribution >= 0.6 is 0 Å². The molecule has 3 heteroatoms. The van der Waals surface area contributed by atoms with E-state index in [1.54, 1.807) is 14.2 Å². The minimum Gasteiger partial charge on any atom is -0.382 e. The average Bonchev–Trinajstić information content (AvgIpc) is 2.36. The Hall–Kier alpha value is -0.900. The monoisotopic (exact) mass is 237 g/mol. The number of rotatable bonds is 8. The van der Waals surface area contributed by atoms with Crippen LogP contribution in [-0.2, 0) is 15.9 Å². The Morgan fingerprint density at radius 3 is 2.71 bits per heavy atom. The largest absolute Gasteiger partial charge is 0.382 e. The van der Waals surface area contributed by atoms with Crippen molar-refractivity contribution in [3.05, 3.63) is 35.4 Å². The second-order valence-corrected chi connectivity index (χ2v) is 4.17. The maximum Gasteiger partial charge on any atom is 0.105 e. The van der Waals surface area contributed by atoms with Crippen molar-refractivity contribution in [2.45, 2.75) is 25.4 Å². The molecule has 0 heterocycles. The van der Waals surface area contributed by atoms with Crippen LogP contribution in [0.1, 0.15) is 30.1 Å². The van der Waals surface area contributed by atoms with Crippen LogP contribution in [0.5, 0.6) is 0 Å². The average molecular weight is 237 g/mol. The third-order valence-corrected chi connectivity index (χ3v) is 2.84. The molecule has 1 rings (SSSR count). The van der Waals surface area contributed by atoms with E-state index in [0.717, 1.165) is 25.8 Å². The number of benzene rings is 1. The molecule has 0 bridgehead atoms. The van der Waals surface area contributed by atoms with E-state index in [1.807, 2.05) is 0 Å². The lowest BCUT2D eigenvalue weighted by atomic mass is 10.0. The van der Waals surface area contributed by atoms with E-state index in [4.69, 9.17) is 15.2 Å². The molecule has 17 heavy (non-hydrogen) atoms. The fourth-order valence-corrected chi connectivity index (χ4v) is 1.87. The van der Waals surface area contributed by atoms with Gasteiger partial charge in [0.2, 0.25) is 0 Å². The molecule has 0 amide bonds. The number of methoxy groups -OCH3 is 2. The first kappa shape index (κ1) is 14.2. The Morgan fingerprint density at radius 2 is 2.06 bits per heavy atom. The van der Waals surface area contributed by atoms with Crippen LogP contribution in [0.15, 0.2) is 24.3 Å². The van der Waals surface area contributed by atoms with E-state index in [1.165, 1.54) is 11.1 Å². The molecule has 0 saturated carbocycles. The summed E-state index contributed by atoms with van der Waals surface area (Å²) in [5.41, 5.74) is 8.02. The van der Waals surface area contributed by atoms with Crippen LogP contribution in [-0.4, -0.2) is 27.4 Å². The zero-order valence-corrected chi connectivity index (χ0v) is 10.8. The molecule has 1 aromatic carbocycles. The zero-order chi connectivity index (χ0) is 12.5. The van der Waals surface area contributed by atoms with Gasteiger partial charge in [-0.15, -0.1) is 0 Å². The molecule has 2 N–H and O–H groups in total. The molecule has 0 spiro atoms. The van der Waals surface area contributed by atoms with Crippen LogP contribution in [0.3, 0.4) is 0 Å². The van der Waals surface area contributed by atoms with Crippen molar-refractivity contribution in [3.8, 4) is 0 Å². The molecule has 1 aromatic rings. The number of hydrogen-bond donors (Lipinski definition) is 1. The van der Waals surface area contributed by atoms with Crippen molar-refractivity contribution in [2.24, 2.45) is 5.73 Å². The standard InChI is InChI=1S/C14H23NO2/c1-16-11-14(17-2)13-8-5-7-12(10-13)6-3-4-9-15/h5,7-8,10,14H,3-4,6,9,11,15H2,1-2H3. The molecular formula is C14H23NO2. The number of hydrogen-bond acceptors (Lipinski definition) is 3. The van der Waals surface area contributed by atoms with Gasteiger partial charge < -0.3 is 15.2 Å². The van der Waals surface area contributed by atoms with Gasteiger partial charge in [0.05, 0.1) is 6.61 Å². The van der Waals surface area contributed by atoms with E-state index >= 15 is 0 Å². The summed E-state index contributed by atoms with van der Waals surface area (Å²) in [6.45, 7) is 1.35. The Morgan fingerprint density at radius 1 is 1.24 bits per heavy atom. The SMILES string of the molecule is COCC(OC)c1cccc(CCCCN)c1. The Balaban J connectivity index is 2.63. The maximum absolute atomic E-state index is 5.50. The van der Waals surface area contributed by atoms with Gasteiger partial charge in [-0.05, 0) is 36.9 Å². The van der Waals surface area contributed by atoms with Crippen LogP contribution in [0.2, 0.25) is 0 Å². The number of nitrogens with two attached hydrogens (primary N) is 1. The van der Waals surface area contributed by atoms with Crippen molar-refractivity contribution < 1.29 is 9.47 Å². The molecule has 0 aromatic heterocycles. The minimum absolute atomic E-state index is 0.0226. The van der Waals surface area contributed by atoms with Gasteiger partial charge in [0.25, 0.3) is 0 Å². The predicted molar refractivity (Wildman–Crippen MR) is 70.1 cm³/mol. The van der Waals surface area contributed by atoms with E-state index in [-0.39, 0.29) is 6.10 Å². The normalized spacial score (nSPS) is 12.6. The molecule has 0 aliphatic rings. The lowest BCUT2D eigenvalue weighted by Gasteiger charge is -2.15. The second kappa shape index (κ2) is 8.23. The molecule has 1 unspecified atom stereocenters. The maximum atomic E-state index is 5.50. The summed E-state index contributed by atoms with van der Waals surface area (Å²) in [5, 5.41) is 0. The number of aryl methyl sites for hydroxylation is 1. The lowest BCUT2D eigenvalue weighted by molar-refractivity contribution is 0.0274. The molecule has 0 saturated heterocycles. The minimum atomic E-state index is 0.0226. The second-order valence-electron chi connectivity index (χ2n) is 4.17. The summed E-state index contributed by atoms with van der Waals surface area (Å²) in [4.78, 5) is 0. The van der Waals surface area contributed by atoms with Gasteiger partial charge in [0, 0.05) is 14.2 Å². The molecule has 0 fully saturated rings. The molecule has 96 valence electrons. The van der Waals surface area contributed by atoms with E-state index in [2.05, 4.69) is 24.3 Å². The van der Waals surface area contributed by atoms with Crippen LogP contribution in [0.25, 0.3) is 0 Å². The fraction of sp³-hybridized carbons (Fsp3) is 0.571. The van der Waals surface area contributed by atoms with Gasteiger partial charge in [-0.2, -0.15) is 0 Å². The van der Waals surface area contributed by atoms with E-state index in [0.29, 0.717) is 6.61 Å². The fourth-order valence-electron chi connectivity index (χ4n) is 1.87. The van der Waals surface area contributed by atoms with E-state index in [9.17, 15) is 0 Å². The first-order valence-electron chi connectivity index (χ1n) is 6.12. The van der Waals surface area contributed by atoms with Crippen molar-refractivity contribution in [1.29, 1.82) is 0 Å². The third kappa shape index (κ3) is 4.86. The zero-order valence-electron chi connectivity index (χ0n) is 10.8. The highest BCUT2D eigenvalue weighted by molar-refractivity contribution is 5.25. The summed E-state index contributed by atoms with van der Waals surface area (Å²) < 4.78 is 10.6. The molecule has 0 aliphatic carbocycles. The van der Waals surface area contributed by atoms with Crippen molar-refractivity contribution in [2.75, 3.05) is 27.4 Å². The van der Waals surface area contributed by atoms with Crippen molar-refractivity contribution in [3.63, 3.8) is 0 Å². The first-order valence-corrected chi connectivity index (χ1v) is 6.12. The van der Waals surface area contributed by atoms with Gasteiger partial charge >= 0.3 is 0 Å². The lowest BCUT2D eigenvalue weighted by Crippen LogP contribution is -2.08.